The molecular formula is C25H51NO2. The summed E-state index contributed by atoms with van der Waals surface area (Å²) in [6.45, 7) is 8.89. The molecule has 0 aromatic heterocycles. The van der Waals surface area contributed by atoms with E-state index in [-0.39, 0.29) is 5.92 Å². The number of carbonyl (C=O) groups is 1. The van der Waals surface area contributed by atoms with E-state index in [2.05, 4.69) is 26.1 Å². The first-order valence-electron chi connectivity index (χ1n) is 12.6. The first-order chi connectivity index (χ1) is 13.7. The Morgan fingerprint density at radius 1 is 0.679 bits per heavy atom. The number of unbranched alkanes of at least 4 members (excludes halogenated alkanes) is 9. The van der Waals surface area contributed by atoms with Gasteiger partial charge in [0.25, 0.3) is 0 Å². The fraction of sp³-hybridized carbons (Fsp3) is 0.960. The predicted molar refractivity (Wildman–Crippen MR) is 123 cm³/mol. The molecule has 0 aromatic carbocycles. The predicted octanol–water partition coefficient (Wildman–Crippen LogP) is 7.58. The molecule has 3 nitrogen and oxygen atoms in total. The van der Waals surface area contributed by atoms with Crippen LogP contribution in [0.5, 0.6) is 0 Å². The van der Waals surface area contributed by atoms with Gasteiger partial charge in [-0.1, -0.05) is 104 Å². The lowest BCUT2D eigenvalue weighted by atomic mass is 9.84. The molecule has 0 aliphatic heterocycles. The molecule has 0 aliphatic rings. The normalized spacial score (nSPS) is 12.6. The molecule has 0 aliphatic carbocycles. The van der Waals surface area contributed by atoms with Crippen LogP contribution in [0.15, 0.2) is 0 Å². The van der Waals surface area contributed by atoms with Crippen LogP contribution in [0.25, 0.3) is 0 Å². The minimum Gasteiger partial charge on any atom is -0.481 e. The van der Waals surface area contributed by atoms with Crippen LogP contribution in [0.4, 0.5) is 0 Å². The zero-order valence-electron chi connectivity index (χ0n) is 19.4. The number of aliphatic carboxylic acids is 1. The molecule has 0 saturated heterocycles. The van der Waals surface area contributed by atoms with Gasteiger partial charge in [0.15, 0.2) is 0 Å². The fourth-order valence-electron chi connectivity index (χ4n) is 4.11. The van der Waals surface area contributed by atoms with Crippen LogP contribution in [0, 0.1) is 11.8 Å². The summed E-state index contributed by atoms with van der Waals surface area (Å²) in [5.41, 5.74) is 0. The summed E-state index contributed by atoms with van der Waals surface area (Å²) in [4.78, 5) is 11.8. The number of hydrogen-bond donors (Lipinski definition) is 2. The van der Waals surface area contributed by atoms with E-state index in [1.54, 1.807) is 0 Å². The number of rotatable bonds is 22. The lowest BCUT2D eigenvalue weighted by Crippen LogP contribution is -2.20. The molecule has 0 amide bonds. The van der Waals surface area contributed by atoms with E-state index >= 15 is 0 Å². The largest absolute Gasteiger partial charge is 0.481 e. The van der Waals surface area contributed by atoms with Gasteiger partial charge in [-0.3, -0.25) is 4.79 Å². The van der Waals surface area contributed by atoms with Crippen molar-refractivity contribution in [3.05, 3.63) is 0 Å². The van der Waals surface area contributed by atoms with E-state index in [0.717, 1.165) is 38.8 Å². The van der Waals surface area contributed by atoms with E-state index in [9.17, 15) is 9.90 Å². The van der Waals surface area contributed by atoms with Crippen LogP contribution in [0.3, 0.4) is 0 Å². The summed E-state index contributed by atoms with van der Waals surface area (Å²) in [5.74, 6) is -0.0948. The zero-order valence-corrected chi connectivity index (χ0v) is 19.4. The zero-order chi connectivity index (χ0) is 20.9. The van der Waals surface area contributed by atoms with E-state index in [0.29, 0.717) is 5.92 Å². The van der Waals surface area contributed by atoms with E-state index in [1.165, 1.54) is 83.5 Å². The van der Waals surface area contributed by atoms with Crippen molar-refractivity contribution in [2.45, 2.75) is 130 Å². The topological polar surface area (TPSA) is 49.3 Å². The SMILES string of the molecule is CCCCCCCNCCCCC(CC(CCCCC)CCCCC)C(=O)O. The third-order valence-electron chi connectivity index (χ3n) is 6.01. The molecule has 1 atom stereocenters. The Bertz CT molecular complexity index is 323. The van der Waals surface area contributed by atoms with Gasteiger partial charge in [-0.2, -0.15) is 0 Å². The second-order valence-corrected chi connectivity index (χ2v) is 8.79. The number of hydrogen-bond acceptors (Lipinski definition) is 2. The van der Waals surface area contributed by atoms with Gasteiger partial charge in [0.05, 0.1) is 5.92 Å². The van der Waals surface area contributed by atoms with Gasteiger partial charge >= 0.3 is 5.97 Å². The van der Waals surface area contributed by atoms with Crippen LogP contribution in [-0.2, 0) is 4.79 Å². The summed E-state index contributed by atoms with van der Waals surface area (Å²) in [6.07, 6.45) is 20.6. The Hall–Kier alpha value is -0.570. The Morgan fingerprint density at radius 2 is 1.14 bits per heavy atom. The molecule has 168 valence electrons. The second-order valence-electron chi connectivity index (χ2n) is 8.79. The number of carboxylic acid groups (broad SMARTS) is 1. The first-order valence-corrected chi connectivity index (χ1v) is 12.6. The van der Waals surface area contributed by atoms with Crippen molar-refractivity contribution in [2.75, 3.05) is 13.1 Å². The summed E-state index contributed by atoms with van der Waals surface area (Å²) in [5, 5.41) is 13.2. The van der Waals surface area contributed by atoms with Crippen molar-refractivity contribution in [1.82, 2.24) is 5.32 Å². The maximum atomic E-state index is 11.8. The smallest absolute Gasteiger partial charge is 0.306 e. The quantitative estimate of drug-likeness (QED) is 0.185. The fourth-order valence-corrected chi connectivity index (χ4v) is 4.11. The molecule has 0 aromatic rings. The summed E-state index contributed by atoms with van der Waals surface area (Å²) < 4.78 is 0. The van der Waals surface area contributed by atoms with Gasteiger partial charge < -0.3 is 10.4 Å². The third-order valence-corrected chi connectivity index (χ3v) is 6.01. The maximum absolute atomic E-state index is 11.8. The maximum Gasteiger partial charge on any atom is 0.306 e. The van der Waals surface area contributed by atoms with Crippen molar-refractivity contribution < 1.29 is 9.90 Å². The molecule has 3 heteroatoms. The van der Waals surface area contributed by atoms with Crippen molar-refractivity contribution >= 4 is 5.97 Å². The van der Waals surface area contributed by atoms with Gasteiger partial charge in [0.1, 0.15) is 0 Å². The molecule has 1 unspecified atom stereocenters. The van der Waals surface area contributed by atoms with Crippen molar-refractivity contribution in [1.29, 1.82) is 0 Å². The summed E-state index contributed by atoms with van der Waals surface area (Å²) in [7, 11) is 0. The molecule has 0 rings (SSSR count). The van der Waals surface area contributed by atoms with Crippen molar-refractivity contribution in [3.63, 3.8) is 0 Å². The van der Waals surface area contributed by atoms with Gasteiger partial charge in [0, 0.05) is 0 Å². The van der Waals surface area contributed by atoms with E-state index < -0.39 is 5.97 Å². The molecule has 28 heavy (non-hydrogen) atoms. The molecule has 0 fully saturated rings. The summed E-state index contributed by atoms with van der Waals surface area (Å²) >= 11 is 0. The number of nitrogens with one attached hydrogen (secondary N) is 1. The van der Waals surface area contributed by atoms with Gasteiger partial charge in [0.2, 0.25) is 0 Å². The summed E-state index contributed by atoms with van der Waals surface area (Å²) in [6, 6.07) is 0. The molecule has 0 bridgehead atoms. The van der Waals surface area contributed by atoms with Crippen molar-refractivity contribution in [2.24, 2.45) is 11.8 Å². The lowest BCUT2D eigenvalue weighted by molar-refractivity contribution is -0.142. The highest BCUT2D eigenvalue weighted by atomic mass is 16.4. The van der Waals surface area contributed by atoms with Gasteiger partial charge in [-0.25, -0.2) is 0 Å². The van der Waals surface area contributed by atoms with E-state index in [1.807, 2.05) is 0 Å². The molecule has 2 N–H and O–H groups in total. The molecule has 0 saturated carbocycles. The standard InChI is InChI=1S/C25H51NO2/c1-4-7-10-11-15-20-26-21-16-14-19-24(25(27)28)22-23(17-12-8-5-2)18-13-9-6-3/h23-24,26H,4-22H2,1-3H3,(H,27,28). The van der Waals surface area contributed by atoms with Crippen LogP contribution in [-0.4, -0.2) is 24.2 Å². The second kappa shape index (κ2) is 21.1. The van der Waals surface area contributed by atoms with E-state index in [4.69, 9.17) is 0 Å². The molecular weight excluding hydrogens is 346 g/mol. The van der Waals surface area contributed by atoms with Crippen LogP contribution < -0.4 is 5.32 Å². The Balaban J connectivity index is 4.02. The average Bonchev–Trinajstić information content (AvgIpc) is 2.68. The first kappa shape index (κ1) is 27.4. The molecule has 0 heterocycles. The van der Waals surface area contributed by atoms with Crippen LogP contribution >= 0.6 is 0 Å². The monoisotopic (exact) mass is 397 g/mol. The number of carboxylic acids is 1. The molecule has 0 spiro atoms. The minimum absolute atomic E-state index is 0.137. The Kier molecular flexibility index (Phi) is 20.7. The highest BCUT2D eigenvalue weighted by Gasteiger charge is 2.22. The highest BCUT2D eigenvalue weighted by Crippen LogP contribution is 2.27. The Labute approximate surface area is 176 Å². The molecule has 0 radical (unpaired) electrons. The van der Waals surface area contributed by atoms with Gasteiger partial charge in [-0.05, 0) is 44.7 Å². The van der Waals surface area contributed by atoms with Crippen LogP contribution in [0.1, 0.15) is 130 Å². The van der Waals surface area contributed by atoms with Crippen LogP contribution in [0.2, 0.25) is 0 Å². The Morgan fingerprint density at radius 3 is 1.68 bits per heavy atom. The average molecular weight is 398 g/mol. The van der Waals surface area contributed by atoms with Crippen molar-refractivity contribution in [3.8, 4) is 0 Å². The highest BCUT2D eigenvalue weighted by molar-refractivity contribution is 5.69. The van der Waals surface area contributed by atoms with Gasteiger partial charge in [-0.15, -0.1) is 0 Å². The third kappa shape index (κ3) is 17.5. The minimum atomic E-state index is -0.570. The lowest BCUT2D eigenvalue weighted by Gasteiger charge is -2.21.